The molecule has 0 saturated heterocycles. The van der Waals surface area contributed by atoms with Crippen LogP contribution in [0.2, 0.25) is 0 Å². The molecule has 5 N–H and O–H groups in total. The van der Waals surface area contributed by atoms with Crippen molar-refractivity contribution in [2.75, 3.05) is 13.7 Å². The number of hydrogen-bond donors (Lipinski definition) is 3. The molecule has 30 heavy (non-hydrogen) atoms. The molecule has 2 rings (SSSR count). The molecule has 6 nitrogen and oxygen atoms in total. The van der Waals surface area contributed by atoms with Crippen molar-refractivity contribution in [2.45, 2.75) is 19.5 Å². The van der Waals surface area contributed by atoms with Gasteiger partial charge in [0.1, 0.15) is 5.82 Å². The Hall–Kier alpha value is -3.11. The zero-order chi connectivity index (χ0) is 22.9. The van der Waals surface area contributed by atoms with E-state index in [0.29, 0.717) is 17.9 Å². The third-order valence-electron chi connectivity index (χ3n) is 3.76. The number of aromatic nitrogens is 1. The van der Waals surface area contributed by atoms with E-state index in [1.807, 2.05) is 0 Å². The first kappa shape index (κ1) is 24.9. The average molecular weight is 426 g/mol. The summed E-state index contributed by atoms with van der Waals surface area (Å²) in [5.74, 6) is -0.867. The van der Waals surface area contributed by atoms with Gasteiger partial charge in [-0.2, -0.15) is 13.2 Å². The van der Waals surface area contributed by atoms with Crippen LogP contribution in [0.1, 0.15) is 23.6 Å². The van der Waals surface area contributed by atoms with Crippen molar-refractivity contribution >= 4 is 17.8 Å². The van der Waals surface area contributed by atoms with Crippen molar-refractivity contribution in [2.24, 2.45) is 16.5 Å². The van der Waals surface area contributed by atoms with E-state index < -0.39 is 24.2 Å². The quantitative estimate of drug-likeness (QED) is 0.284. The summed E-state index contributed by atoms with van der Waals surface area (Å²) in [7, 11) is 1.50. The smallest absolute Gasteiger partial charge is 0.402 e. The summed E-state index contributed by atoms with van der Waals surface area (Å²) in [5.41, 5.74) is 9.85. The maximum atomic E-state index is 13.5. The fourth-order valence-electron chi connectivity index (χ4n) is 2.49. The largest absolute Gasteiger partial charge is 0.416 e. The minimum atomic E-state index is -4.65. The molecule has 0 amide bonds. The Morgan fingerprint density at radius 2 is 1.87 bits per heavy atom. The van der Waals surface area contributed by atoms with Crippen molar-refractivity contribution in [3.63, 3.8) is 0 Å². The fraction of sp³-hybridized carbons (Fsp3) is 0.250. The predicted octanol–water partition coefficient (Wildman–Crippen LogP) is 2.90. The van der Waals surface area contributed by atoms with E-state index >= 15 is 0 Å². The number of aliphatic hydroxyl groups is 1. The van der Waals surface area contributed by atoms with Crippen molar-refractivity contribution < 1.29 is 27.5 Å². The third-order valence-corrected chi connectivity index (χ3v) is 3.76. The summed E-state index contributed by atoms with van der Waals surface area (Å²) in [5, 5.41) is 9.42. The molecule has 0 fully saturated rings. The van der Waals surface area contributed by atoms with Gasteiger partial charge in [-0.25, -0.2) is 14.4 Å². The van der Waals surface area contributed by atoms with Gasteiger partial charge in [-0.05, 0) is 61.9 Å². The van der Waals surface area contributed by atoms with Crippen LogP contribution in [-0.2, 0) is 17.4 Å². The normalized spacial score (nSPS) is 12.6. The lowest BCUT2D eigenvalue weighted by Gasteiger charge is -2.10. The Kier molecular flexibility index (Phi) is 9.28. The van der Waals surface area contributed by atoms with Crippen molar-refractivity contribution in [1.82, 2.24) is 4.98 Å². The molecule has 0 saturated carbocycles. The van der Waals surface area contributed by atoms with E-state index in [9.17, 15) is 27.5 Å². The standard InChI is InChI=1S/C19H17F4N3O2.CH5N/c1-11(24)16(9-27)17(10-28)26-18-7-12(2-3-25-18)4-13-5-14(19(21,22)23)8-15(20)6-13;1-2/h2-3,5-9,28H,4,10,24H2,1H3;2H2,1H3/b16-11-,26-17?;. The lowest BCUT2D eigenvalue weighted by molar-refractivity contribution is -0.137. The van der Waals surface area contributed by atoms with E-state index in [-0.39, 0.29) is 34.8 Å². The molecule has 0 aliphatic rings. The number of aliphatic hydroxyl groups excluding tert-OH is 1. The Morgan fingerprint density at radius 1 is 1.20 bits per heavy atom. The Morgan fingerprint density at radius 3 is 2.40 bits per heavy atom. The highest BCUT2D eigenvalue weighted by Crippen LogP contribution is 2.31. The van der Waals surface area contributed by atoms with Gasteiger partial charge in [0, 0.05) is 11.9 Å². The number of benzene rings is 1. The van der Waals surface area contributed by atoms with E-state index in [1.54, 1.807) is 6.07 Å². The van der Waals surface area contributed by atoms with Crippen molar-refractivity contribution in [1.29, 1.82) is 0 Å². The van der Waals surface area contributed by atoms with Crippen LogP contribution in [0.15, 0.2) is 52.8 Å². The van der Waals surface area contributed by atoms with E-state index in [4.69, 9.17) is 5.73 Å². The highest BCUT2D eigenvalue weighted by atomic mass is 19.4. The van der Waals surface area contributed by atoms with Crippen LogP contribution in [0.5, 0.6) is 0 Å². The summed E-state index contributed by atoms with van der Waals surface area (Å²) in [4.78, 5) is 19.2. The number of alkyl halides is 3. The molecule has 1 aromatic carbocycles. The van der Waals surface area contributed by atoms with Gasteiger partial charge >= 0.3 is 6.18 Å². The summed E-state index contributed by atoms with van der Waals surface area (Å²) in [6, 6.07) is 5.32. The third kappa shape index (κ3) is 7.05. The number of nitrogens with zero attached hydrogens (tertiary/aromatic N) is 2. The Balaban J connectivity index is 0.00000218. The van der Waals surface area contributed by atoms with Crippen LogP contribution in [-0.4, -0.2) is 35.7 Å². The van der Waals surface area contributed by atoms with Gasteiger partial charge in [0.05, 0.1) is 23.5 Å². The molecule has 1 aromatic heterocycles. The number of hydrogen-bond acceptors (Lipinski definition) is 6. The second-order valence-electron chi connectivity index (χ2n) is 5.98. The molecule has 1 heterocycles. The predicted molar refractivity (Wildman–Crippen MR) is 106 cm³/mol. The second kappa shape index (κ2) is 11.2. The fourth-order valence-corrected chi connectivity index (χ4v) is 2.49. The van der Waals surface area contributed by atoms with Gasteiger partial charge in [-0.3, -0.25) is 4.79 Å². The average Bonchev–Trinajstić information content (AvgIpc) is 2.68. The Bertz CT molecular complexity index is 937. The first-order chi connectivity index (χ1) is 14.1. The minimum absolute atomic E-state index is 0.00441. The van der Waals surface area contributed by atoms with Gasteiger partial charge in [0.2, 0.25) is 0 Å². The van der Waals surface area contributed by atoms with Gasteiger partial charge in [-0.1, -0.05) is 0 Å². The lowest BCUT2D eigenvalue weighted by Crippen LogP contribution is -2.14. The number of carbonyl (C=O) groups is 1. The first-order valence-electron chi connectivity index (χ1n) is 8.63. The van der Waals surface area contributed by atoms with Crippen molar-refractivity contribution in [3.8, 4) is 0 Å². The summed E-state index contributed by atoms with van der Waals surface area (Å²) < 4.78 is 52.1. The molecule has 0 atom stereocenters. The number of allylic oxidation sites excluding steroid dienone is 1. The lowest BCUT2D eigenvalue weighted by atomic mass is 10.0. The minimum Gasteiger partial charge on any atom is -0.402 e. The molecule has 0 spiro atoms. The molecule has 0 aliphatic carbocycles. The molecule has 0 aliphatic heterocycles. The highest BCUT2D eigenvalue weighted by molar-refractivity contribution is 6.16. The SMILES string of the molecule is C/C(N)=C(\C=O)C(CO)=Nc1cc(Cc2cc(F)cc(C(F)(F)F)c2)ccn1.CN. The van der Waals surface area contributed by atoms with E-state index in [1.165, 1.54) is 26.2 Å². The number of aliphatic imine (C=N–C) groups is 1. The van der Waals surface area contributed by atoms with Crippen LogP contribution in [0, 0.1) is 5.82 Å². The monoisotopic (exact) mass is 426 g/mol. The molecule has 2 aromatic rings. The zero-order valence-corrected chi connectivity index (χ0v) is 16.4. The van der Waals surface area contributed by atoms with Crippen molar-refractivity contribution in [3.05, 3.63) is 70.3 Å². The molecule has 10 heteroatoms. The van der Waals surface area contributed by atoms with Crippen LogP contribution >= 0.6 is 0 Å². The summed E-state index contributed by atoms with van der Waals surface area (Å²) in [6.45, 7) is 0.911. The summed E-state index contributed by atoms with van der Waals surface area (Å²) in [6.07, 6.45) is -2.82. The maximum Gasteiger partial charge on any atom is 0.416 e. The number of carbonyl (C=O) groups excluding carboxylic acids is 1. The molecule has 0 unspecified atom stereocenters. The van der Waals surface area contributed by atoms with E-state index in [0.717, 1.165) is 12.1 Å². The number of pyridine rings is 1. The molecule has 0 bridgehead atoms. The molecule has 0 radical (unpaired) electrons. The second-order valence-corrected chi connectivity index (χ2v) is 5.98. The summed E-state index contributed by atoms with van der Waals surface area (Å²) >= 11 is 0. The number of rotatable bonds is 6. The van der Waals surface area contributed by atoms with E-state index in [2.05, 4.69) is 15.7 Å². The van der Waals surface area contributed by atoms with Gasteiger partial charge < -0.3 is 16.6 Å². The molecular weight excluding hydrogens is 404 g/mol. The van der Waals surface area contributed by atoms with Crippen LogP contribution in [0.3, 0.4) is 0 Å². The zero-order valence-electron chi connectivity index (χ0n) is 16.4. The van der Waals surface area contributed by atoms with Crippen LogP contribution in [0.25, 0.3) is 0 Å². The molecular formula is C20H22F4N4O2. The Labute approximate surface area is 171 Å². The number of nitrogens with two attached hydrogens (primary N) is 2. The van der Waals surface area contributed by atoms with Gasteiger partial charge in [0.15, 0.2) is 12.1 Å². The number of halogens is 4. The van der Waals surface area contributed by atoms with Crippen LogP contribution in [0.4, 0.5) is 23.4 Å². The maximum absolute atomic E-state index is 13.5. The van der Waals surface area contributed by atoms with Crippen LogP contribution < -0.4 is 11.5 Å². The van der Waals surface area contributed by atoms with Gasteiger partial charge in [-0.15, -0.1) is 0 Å². The first-order valence-corrected chi connectivity index (χ1v) is 8.63. The molecule has 162 valence electrons. The topological polar surface area (TPSA) is 115 Å². The number of aldehydes is 1. The highest BCUT2D eigenvalue weighted by Gasteiger charge is 2.31. The van der Waals surface area contributed by atoms with Gasteiger partial charge in [0.25, 0.3) is 0 Å².